The van der Waals surface area contributed by atoms with E-state index in [4.69, 9.17) is 4.74 Å². The van der Waals surface area contributed by atoms with Crippen molar-refractivity contribution < 1.29 is 23.1 Å². The molecular weight excluding hydrogens is 518 g/mol. The summed E-state index contributed by atoms with van der Waals surface area (Å²) in [6, 6.07) is 15.8. The first kappa shape index (κ1) is 26.7. The first-order valence-corrected chi connectivity index (χ1v) is 12.7. The lowest BCUT2D eigenvalue weighted by Crippen LogP contribution is -2.18. The Labute approximate surface area is 229 Å². The highest BCUT2D eigenvalue weighted by molar-refractivity contribution is 6.07. The summed E-state index contributed by atoms with van der Waals surface area (Å²) in [5.41, 5.74) is 0.963. The number of rotatable bonds is 9. The summed E-state index contributed by atoms with van der Waals surface area (Å²) in [6.07, 6.45) is 4.32. The molecule has 1 fully saturated rings. The van der Waals surface area contributed by atoms with Crippen molar-refractivity contribution in [2.24, 2.45) is 5.92 Å². The number of benzene rings is 2. The van der Waals surface area contributed by atoms with Gasteiger partial charge in [-0.1, -0.05) is 0 Å². The standard InChI is InChI=1S/C29H26F2N6O3/c30-19-3-5-20(6-4-19)36-29(39)23-2-1-11-34-28(23)35-21-7-8-25(24(31)15-21)40-22-10-13-33-26(16-22)37-27(38)14-18-9-12-32-17-18/h1-8,10-11,13,15-16,18,32H,9,12,14,17H2,(H,34,35)(H,36,39)(H,33,37,38)/t18-/m1/s1. The van der Waals surface area contributed by atoms with Gasteiger partial charge in [-0.05, 0) is 80.0 Å². The van der Waals surface area contributed by atoms with Crippen LogP contribution in [0.1, 0.15) is 23.2 Å². The van der Waals surface area contributed by atoms with E-state index in [2.05, 4.69) is 31.2 Å². The molecule has 2 aromatic heterocycles. The smallest absolute Gasteiger partial charge is 0.259 e. The number of carbonyl (C=O) groups excluding carboxylic acids is 2. The second kappa shape index (κ2) is 12.3. The van der Waals surface area contributed by atoms with Gasteiger partial charge in [0.15, 0.2) is 11.6 Å². The van der Waals surface area contributed by atoms with Gasteiger partial charge in [-0.2, -0.15) is 0 Å². The van der Waals surface area contributed by atoms with Crippen molar-refractivity contribution >= 4 is 34.8 Å². The molecule has 1 aliphatic heterocycles. The Morgan fingerprint density at radius 1 is 0.950 bits per heavy atom. The Kier molecular flexibility index (Phi) is 8.21. The minimum Gasteiger partial charge on any atom is -0.454 e. The molecule has 0 radical (unpaired) electrons. The molecule has 3 heterocycles. The second-order valence-electron chi connectivity index (χ2n) is 9.22. The van der Waals surface area contributed by atoms with Gasteiger partial charge in [-0.25, -0.2) is 18.7 Å². The van der Waals surface area contributed by atoms with Crippen LogP contribution in [0.4, 0.5) is 31.8 Å². The van der Waals surface area contributed by atoms with Crippen LogP contribution in [0, 0.1) is 17.6 Å². The van der Waals surface area contributed by atoms with Crippen LogP contribution in [-0.4, -0.2) is 34.9 Å². The largest absolute Gasteiger partial charge is 0.454 e. The Morgan fingerprint density at radius 3 is 2.55 bits per heavy atom. The van der Waals surface area contributed by atoms with E-state index in [0.29, 0.717) is 35.3 Å². The van der Waals surface area contributed by atoms with Gasteiger partial charge in [-0.15, -0.1) is 0 Å². The molecule has 5 rings (SSSR count). The van der Waals surface area contributed by atoms with Crippen LogP contribution in [0.15, 0.2) is 79.1 Å². The summed E-state index contributed by atoms with van der Waals surface area (Å²) in [4.78, 5) is 33.5. The van der Waals surface area contributed by atoms with Crippen molar-refractivity contribution in [1.29, 1.82) is 0 Å². The first-order valence-electron chi connectivity index (χ1n) is 12.7. The fourth-order valence-electron chi connectivity index (χ4n) is 4.23. The molecule has 2 aromatic carbocycles. The van der Waals surface area contributed by atoms with E-state index in [-0.39, 0.29) is 23.0 Å². The molecule has 40 heavy (non-hydrogen) atoms. The number of carbonyl (C=O) groups is 2. The average molecular weight is 545 g/mol. The number of hydrogen-bond acceptors (Lipinski definition) is 7. The monoisotopic (exact) mass is 544 g/mol. The van der Waals surface area contributed by atoms with Crippen molar-refractivity contribution in [3.8, 4) is 11.5 Å². The fourth-order valence-corrected chi connectivity index (χ4v) is 4.23. The molecule has 1 aliphatic rings. The van der Waals surface area contributed by atoms with E-state index in [0.717, 1.165) is 19.5 Å². The molecule has 204 valence electrons. The Hall–Kier alpha value is -4.90. The van der Waals surface area contributed by atoms with Crippen LogP contribution in [0.3, 0.4) is 0 Å². The maximum atomic E-state index is 15.0. The van der Waals surface area contributed by atoms with Gasteiger partial charge in [-0.3, -0.25) is 9.59 Å². The van der Waals surface area contributed by atoms with E-state index in [1.807, 2.05) is 0 Å². The van der Waals surface area contributed by atoms with E-state index >= 15 is 0 Å². The predicted molar refractivity (Wildman–Crippen MR) is 147 cm³/mol. The molecule has 9 nitrogen and oxygen atoms in total. The van der Waals surface area contributed by atoms with Crippen LogP contribution < -0.4 is 26.0 Å². The van der Waals surface area contributed by atoms with Gasteiger partial charge in [0.05, 0.1) is 5.56 Å². The number of hydrogen-bond donors (Lipinski definition) is 4. The minimum atomic E-state index is -0.658. The zero-order valence-corrected chi connectivity index (χ0v) is 21.3. The number of ether oxygens (including phenoxy) is 1. The first-order chi connectivity index (χ1) is 19.4. The van der Waals surface area contributed by atoms with Crippen LogP contribution in [0.25, 0.3) is 0 Å². The van der Waals surface area contributed by atoms with E-state index < -0.39 is 17.5 Å². The molecule has 4 aromatic rings. The molecule has 0 spiro atoms. The van der Waals surface area contributed by atoms with E-state index in [1.165, 1.54) is 54.9 Å². The van der Waals surface area contributed by atoms with Gasteiger partial charge in [0.25, 0.3) is 5.91 Å². The highest BCUT2D eigenvalue weighted by Crippen LogP contribution is 2.29. The third-order valence-electron chi connectivity index (χ3n) is 6.21. The molecule has 0 saturated carbocycles. The second-order valence-corrected chi connectivity index (χ2v) is 9.22. The highest BCUT2D eigenvalue weighted by atomic mass is 19.1. The summed E-state index contributed by atoms with van der Waals surface area (Å²) in [5.74, 6) is -0.602. The molecule has 1 saturated heterocycles. The quantitative estimate of drug-likeness (QED) is 0.220. The lowest BCUT2D eigenvalue weighted by atomic mass is 10.0. The van der Waals surface area contributed by atoms with Gasteiger partial charge in [0.2, 0.25) is 5.91 Å². The van der Waals surface area contributed by atoms with Crippen molar-refractivity contribution in [2.75, 3.05) is 29.0 Å². The topological polar surface area (TPSA) is 117 Å². The highest BCUT2D eigenvalue weighted by Gasteiger charge is 2.19. The number of anilines is 4. The van der Waals surface area contributed by atoms with Crippen LogP contribution >= 0.6 is 0 Å². The summed E-state index contributed by atoms with van der Waals surface area (Å²) in [5, 5.41) is 11.6. The lowest BCUT2D eigenvalue weighted by Gasteiger charge is -2.13. The minimum absolute atomic E-state index is 0.0404. The normalized spacial score (nSPS) is 14.4. The Morgan fingerprint density at radius 2 is 1.77 bits per heavy atom. The summed E-state index contributed by atoms with van der Waals surface area (Å²) < 4.78 is 33.8. The number of pyridine rings is 2. The zero-order chi connectivity index (χ0) is 27.9. The van der Waals surface area contributed by atoms with Crippen LogP contribution in [0.5, 0.6) is 11.5 Å². The number of aromatic nitrogens is 2. The summed E-state index contributed by atoms with van der Waals surface area (Å²) in [7, 11) is 0. The summed E-state index contributed by atoms with van der Waals surface area (Å²) >= 11 is 0. The molecule has 11 heteroatoms. The molecule has 0 bridgehead atoms. The number of halogens is 2. The molecule has 2 amide bonds. The third-order valence-corrected chi connectivity index (χ3v) is 6.21. The van der Waals surface area contributed by atoms with Gasteiger partial charge >= 0.3 is 0 Å². The van der Waals surface area contributed by atoms with Crippen molar-refractivity contribution in [3.05, 3.63) is 96.3 Å². The van der Waals surface area contributed by atoms with Crippen molar-refractivity contribution in [1.82, 2.24) is 15.3 Å². The fraction of sp³-hybridized carbons (Fsp3) is 0.172. The van der Waals surface area contributed by atoms with E-state index in [9.17, 15) is 18.4 Å². The average Bonchev–Trinajstić information content (AvgIpc) is 3.45. The lowest BCUT2D eigenvalue weighted by molar-refractivity contribution is -0.117. The number of nitrogens with one attached hydrogen (secondary N) is 4. The Balaban J connectivity index is 1.23. The SMILES string of the molecule is O=C(C[C@H]1CCNC1)Nc1cc(Oc2ccc(Nc3ncccc3C(=O)Nc3ccc(F)cc3)cc2F)ccn1. The van der Waals surface area contributed by atoms with E-state index in [1.54, 1.807) is 24.3 Å². The van der Waals surface area contributed by atoms with Crippen molar-refractivity contribution in [2.45, 2.75) is 12.8 Å². The van der Waals surface area contributed by atoms with Crippen molar-refractivity contribution in [3.63, 3.8) is 0 Å². The van der Waals surface area contributed by atoms with Gasteiger partial charge in [0.1, 0.15) is 23.2 Å². The Bertz CT molecular complexity index is 1510. The van der Waals surface area contributed by atoms with Gasteiger partial charge in [0, 0.05) is 42.3 Å². The number of nitrogens with zero attached hydrogens (tertiary/aromatic N) is 2. The molecular formula is C29H26F2N6O3. The zero-order valence-electron chi connectivity index (χ0n) is 21.3. The maximum absolute atomic E-state index is 15.0. The molecule has 1 atom stereocenters. The summed E-state index contributed by atoms with van der Waals surface area (Å²) in [6.45, 7) is 1.73. The third kappa shape index (κ3) is 6.94. The number of amides is 2. The molecule has 0 aliphatic carbocycles. The maximum Gasteiger partial charge on any atom is 0.259 e. The molecule has 4 N–H and O–H groups in total. The predicted octanol–water partition coefficient (Wildman–Crippen LogP) is 5.48. The van der Waals surface area contributed by atoms with Gasteiger partial charge < -0.3 is 26.0 Å². The molecule has 0 unspecified atom stereocenters. The van der Waals surface area contributed by atoms with Crippen LogP contribution in [0.2, 0.25) is 0 Å². The van der Waals surface area contributed by atoms with Crippen LogP contribution in [-0.2, 0) is 4.79 Å².